The lowest BCUT2D eigenvalue weighted by molar-refractivity contribution is -1.03. The molecule has 4 amide bonds. The van der Waals surface area contributed by atoms with Gasteiger partial charge in [0.1, 0.15) is 0 Å². The van der Waals surface area contributed by atoms with Gasteiger partial charge in [0, 0.05) is 34.8 Å². The van der Waals surface area contributed by atoms with Gasteiger partial charge in [0.05, 0.1) is 17.8 Å². The van der Waals surface area contributed by atoms with E-state index < -0.39 is 47.6 Å². The zero-order valence-corrected chi connectivity index (χ0v) is 24.4. The number of quaternary nitrogens is 1. The summed E-state index contributed by atoms with van der Waals surface area (Å²) >= 11 is 5.92. The van der Waals surface area contributed by atoms with Gasteiger partial charge in [-0.3, -0.25) is 19.2 Å². The van der Waals surface area contributed by atoms with Crippen LogP contribution in [0.1, 0.15) is 55.0 Å². The Morgan fingerprint density at radius 3 is 2.07 bits per heavy atom. The minimum Gasteiger partial charge on any atom is -0.366 e. The Kier molecular flexibility index (Phi) is 8.68. The minimum absolute atomic E-state index is 0.00516. The normalized spacial score (nSPS) is 18.3. The monoisotopic (exact) mass is 643 g/mol. The number of hydrogen-bond donors (Lipinski definition) is 1. The molecule has 1 atom stereocenters. The minimum atomic E-state index is -5.48. The molecule has 1 fully saturated rings. The van der Waals surface area contributed by atoms with Gasteiger partial charge >= 0.3 is 18.1 Å². The Morgan fingerprint density at radius 1 is 0.867 bits per heavy atom. The number of hydroxylamine groups is 3. The molecular formula is C31H27ClF3N4O6+. The molecule has 45 heavy (non-hydrogen) atoms. The van der Waals surface area contributed by atoms with Crippen LogP contribution < -0.4 is 10.6 Å². The van der Waals surface area contributed by atoms with E-state index in [-0.39, 0.29) is 39.9 Å². The van der Waals surface area contributed by atoms with E-state index in [0.717, 1.165) is 12.8 Å². The third kappa shape index (κ3) is 6.69. The van der Waals surface area contributed by atoms with E-state index in [1.54, 1.807) is 29.2 Å². The molecule has 0 radical (unpaired) electrons. The number of primary amides is 1. The quantitative estimate of drug-likeness (QED) is 0.411. The summed E-state index contributed by atoms with van der Waals surface area (Å²) < 4.78 is 38.8. The smallest absolute Gasteiger partial charge is 0.366 e. The van der Waals surface area contributed by atoms with Crippen LogP contribution in [-0.2, 0) is 27.5 Å². The largest absolute Gasteiger partial charge is 0.497 e. The number of hydrogen-bond acceptors (Lipinski definition) is 6. The number of nitrogens with zero attached hydrogens (tertiary/aromatic N) is 3. The molecule has 2 aliphatic rings. The second-order valence-corrected chi connectivity index (χ2v) is 11.2. The predicted octanol–water partition coefficient (Wildman–Crippen LogP) is 4.40. The Bertz CT molecular complexity index is 1670. The molecule has 2 heterocycles. The summed E-state index contributed by atoms with van der Waals surface area (Å²) in [4.78, 5) is 72.6. The molecular weight excluding hydrogens is 617 g/mol. The first-order valence-electron chi connectivity index (χ1n) is 13.9. The molecule has 14 heteroatoms. The zero-order chi connectivity index (χ0) is 32.5. The molecule has 2 N–H and O–H groups in total. The van der Waals surface area contributed by atoms with Crippen LogP contribution in [0.3, 0.4) is 0 Å². The molecule has 3 aromatic rings. The first-order valence-corrected chi connectivity index (χ1v) is 14.2. The van der Waals surface area contributed by atoms with E-state index in [2.05, 4.69) is 0 Å². The lowest BCUT2D eigenvalue weighted by Crippen LogP contribution is -2.57. The van der Waals surface area contributed by atoms with Crippen molar-refractivity contribution in [3.05, 3.63) is 99.6 Å². The van der Waals surface area contributed by atoms with Crippen molar-refractivity contribution in [2.45, 2.75) is 32.1 Å². The average molecular weight is 644 g/mol. The number of alkyl halides is 3. The van der Waals surface area contributed by atoms with Crippen molar-refractivity contribution < 1.29 is 46.6 Å². The van der Waals surface area contributed by atoms with E-state index in [0.29, 0.717) is 24.2 Å². The highest BCUT2D eigenvalue weighted by Gasteiger charge is 2.54. The third-order valence-corrected chi connectivity index (χ3v) is 7.92. The van der Waals surface area contributed by atoms with Gasteiger partial charge in [0.25, 0.3) is 11.8 Å². The molecule has 0 saturated carbocycles. The van der Waals surface area contributed by atoms with Gasteiger partial charge in [0.2, 0.25) is 12.5 Å². The van der Waals surface area contributed by atoms with Crippen LogP contribution in [-0.4, -0.2) is 65.0 Å². The molecule has 10 nitrogen and oxygen atoms in total. The highest BCUT2D eigenvalue weighted by molar-refractivity contribution is 6.30. The SMILES string of the molecule is NC(=O)c1ccc2c(c1)N(Cc1ccc(C(=O)N3CCCC3)cc1)C(=O)C[N+](OC(=O)C(F)(F)F)(C(=O)c1ccc(Cl)cc1)C2. The van der Waals surface area contributed by atoms with Gasteiger partial charge < -0.3 is 15.5 Å². The summed E-state index contributed by atoms with van der Waals surface area (Å²) in [6, 6.07) is 15.5. The number of carbonyl (C=O) groups is 5. The van der Waals surface area contributed by atoms with Crippen LogP contribution in [0.25, 0.3) is 0 Å². The Labute approximate surface area is 260 Å². The maximum Gasteiger partial charge on any atom is 0.497 e. The maximum absolute atomic E-state index is 13.9. The van der Waals surface area contributed by atoms with Crippen molar-refractivity contribution in [1.29, 1.82) is 0 Å². The highest BCUT2D eigenvalue weighted by atomic mass is 35.5. The second kappa shape index (κ2) is 12.3. The van der Waals surface area contributed by atoms with Crippen LogP contribution in [0.5, 0.6) is 0 Å². The number of likely N-dealkylation sites (tertiary alicyclic amines) is 1. The fourth-order valence-electron chi connectivity index (χ4n) is 5.37. The molecule has 0 bridgehead atoms. The number of nitrogens with two attached hydrogens (primary N) is 1. The number of amides is 4. The summed E-state index contributed by atoms with van der Waals surface area (Å²) in [5, 5.41) is 0.237. The number of carbonyl (C=O) groups excluding carboxylic acids is 5. The van der Waals surface area contributed by atoms with E-state index in [1.807, 2.05) is 0 Å². The van der Waals surface area contributed by atoms with Gasteiger partial charge in [-0.05, 0) is 66.9 Å². The maximum atomic E-state index is 13.9. The molecule has 0 spiro atoms. The Morgan fingerprint density at radius 2 is 1.47 bits per heavy atom. The summed E-state index contributed by atoms with van der Waals surface area (Å²) in [6.07, 6.45) is -3.63. The van der Waals surface area contributed by atoms with Crippen molar-refractivity contribution in [1.82, 2.24) is 4.90 Å². The first-order chi connectivity index (χ1) is 21.3. The molecule has 0 aromatic heterocycles. The van der Waals surface area contributed by atoms with Crippen molar-refractivity contribution >= 4 is 46.9 Å². The van der Waals surface area contributed by atoms with Gasteiger partial charge in [0.15, 0.2) is 6.54 Å². The highest BCUT2D eigenvalue weighted by Crippen LogP contribution is 2.35. The fourth-order valence-corrected chi connectivity index (χ4v) is 5.50. The van der Waals surface area contributed by atoms with Crippen molar-refractivity contribution in [3.63, 3.8) is 0 Å². The van der Waals surface area contributed by atoms with Gasteiger partial charge in [-0.15, -0.1) is 0 Å². The van der Waals surface area contributed by atoms with E-state index >= 15 is 0 Å². The number of benzene rings is 3. The zero-order valence-electron chi connectivity index (χ0n) is 23.7. The second-order valence-electron chi connectivity index (χ2n) is 10.8. The van der Waals surface area contributed by atoms with E-state index in [4.69, 9.17) is 22.2 Å². The Hall–Kier alpha value is -4.75. The van der Waals surface area contributed by atoms with Crippen LogP contribution in [0, 0.1) is 0 Å². The van der Waals surface area contributed by atoms with Crippen LogP contribution in [0.4, 0.5) is 18.9 Å². The molecule has 3 aromatic carbocycles. The number of halogens is 4. The predicted molar refractivity (Wildman–Crippen MR) is 154 cm³/mol. The van der Waals surface area contributed by atoms with Crippen LogP contribution >= 0.6 is 11.6 Å². The first kappa shape index (κ1) is 31.7. The number of rotatable bonds is 5. The van der Waals surface area contributed by atoms with Crippen LogP contribution in [0.2, 0.25) is 5.02 Å². The molecule has 234 valence electrons. The fraction of sp³-hybridized carbons (Fsp3) is 0.258. The summed E-state index contributed by atoms with van der Waals surface area (Å²) in [7, 11) is 0. The summed E-state index contributed by atoms with van der Waals surface area (Å²) in [6.45, 7) is -0.516. The number of fused-ring (bicyclic) bond motifs is 1. The average Bonchev–Trinajstić information content (AvgIpc) is 3.51. The molecule has 0 aliphatic carbocycles. The van der Waals surface area contributed by atoms with Crippen molar-refractivity contribution in [2.24, 2.45) is 5.73 Å². The standard InChI is InChI=1S/C31H26ClF3N4O6/c32-24-11-9-21(10-12-24)29(43)39(45-30(44)31(33,34)35)17-23-8-7-22(27(36)41)15-25(23)38(26(40)18-39)16-19-3-5-20(6-4-19)28(42)37-13-1-2-14-37/h3-12,15H,1-2,13-14,16-18H2,(H-,36,41)/p+1. The van der Waals surface area contributed by atoms with Crippen molar-refractivity contribution in [3.8, 4) is 0 Å². The summed E-state index contributed by atoms with van der Waals surface area (Å²) in [5.74, 6) is -5.62. The van der Waals surface area contributed by atoms with E-state index in [9.17, 15) is 37.1 Å². The van der Waals surface area contributed by atoms with Gasteiger partial charge in [-0.2, -0.15) is 13.2 Å². The topological polar surface area (TPSA) is 127 Å². The van der Waals surface area contributed by atoms with E-state index in [1.165, 1.54) is 47.4 Å². The molecule has 2 aliphatic heterocycles. The summed E-state index contributed by atoms with van der Waals surface area (Å²) in [5.41, 5.74) is 6.50. The third-order valence-electron chi connectivity index (χ3n) is 7.66. The lowest BCUT2D eigenvalue weighted by atomic mass is 10.1. The molecule has 1 saturated heterocycles. The van der Waals surface area contributed by atoms with Gasteiger partial charge in [-0.1, -0.05) is 34.4 Å². The number of anilines is 1. The lowest BCUT2D eigenvalue weighted by Gasteiger charge is -2.30. The van der Waals surface area contributed by atoms with Crippen molar-refractivity contribution in [2.75, 3.05) is 24.5 Å². The van der Waals surface area contributed by atoms with Gasteiger partial charge in [-0.25, -0.2) is 9.59 Å². The molecule has 5 rings (SSSR count). The Balaban J connectivity index is 1.56. The molecule has 1 unspecified atom stereocenters. The van der Waals surface area contributed by atoms with Crippen LogP contribution in [0.15, 0.2) is 66.7 Å².